The number of hydrogen-bond acceptors (Lipinski definition) is 4. The fourth-order valence-corrected chi connectivity index (χ4v) is 2.09. The Bertz CT molecular complexity index is 262. The van der Waals surface area contributed by atoms with E-state index in [2.05, 4.69) is 48.1 Å². The monoisotopic (exact) mass is 242 g/mol. The highest BCUT2D eigenvalue weighted by Crippen LogP contribution is 2.14. The fourth-order valence-electron chi connectivity index (χ4n) is 1.34. The van der Waals surface area contributed by atoms with Gasteiger partial charge in [-0.3, -0.25) is 0 Å². The third kappa shape index (κ3) is 5.61. The van der Waals surface area contributed by atoms with Gasteiger partial charge in [-0.15, -0.1) is 0 Å². The lowest BCUT2D eigenvalue weighted by atomic mass is 10.2. The standard InChI is InChI=1S/C12H22N2OS/c1-11(12-4-9-16-10-12)13-5-7-15-8-6-14(2)3/h4,9-11,13H,5-8H2,1-3H3/t11-/m1/s1. The predicted molar refractivity (Wildman–Crippen MR) is 70.1 cm³/mol. The van der Waals surface area contributed by atoms with Gasteiger partial charge in [0.1, 0.15) is 0 Å². The number of rotatable bonds is 8. The second-order valence-corrected chi connectivity index (χ2v) is 4.93. The van der Waals surface area contributed by atoms with Crippen LogP contribution >= 0.6 is 11.3 Å². The zero-order valence-electron chi connectivity index (χ0n) is 10.4. The van der Waals surface area contributed by atoms with E-state index in [9.17, 15) is 0 Å². The lowest BCUT2D eigenvalue weighted by molar-refractivity contribution is 0.118. The predicted octanol–water partition coefficient (Wildman–Crippen LogP) is 1.98. The molecule has 0 saturated carbocycles. The van der Waals surface area contributed by atoms with Crippen LogP contribution in [0.3, 0.4) is 0 Å². The number of ether oxygens (including phenoxy) is 1. The number of nitrogens with zero attached hydrogens (tertiary/aromatic N) is 1. The molecular formula is C12H22N2OS. The third-order valence-corrected chi connectivity index (χ3v) is 3.12. The molecule has 1 aromatic rings. The summed E-state index contributed by atoms with van der Waals surface area (Å²) in [5.41, 5.74) is 1.36. The maximum Gasteiger partial charge on any atom is 0.0593 e. The maximum atomic E-state index is 5.51. The van der Waals surface area contributed by atoms with Crippen molar-refractivity contribution in [1.82, 2.24) is 10.2 Å². The molecule has 0 aliphatic rings. The minimum Gasteiger partial charge on any atom is -0.379 e. The van der Waals surface area contributed by atoms with Crippen LogP contribution in [0, 0.1) is 0 Å². The molecule has 3 nitrogen and oxygen atoms in total. The number of likely N-dealkylation sites (N-methyl/N-ethyl adjacent to an activating group) is 1. The minimum atomic E-state index is 0.420. The summed E-state index contributed by atoms with van der Waals surface area (Å²) in [6, 6.07) is 2.58. The molecule has 1 aromatic heterocycles. The van der Waals surface area contributed by atoms with Crippen LogP contribution in [0.1, 0.15) is 18.5 Å². The Morgan fingerprint density at radius 1 is 1.44 bits per heavy atom. The van der Waals surface area contributed by atoms with Gasteiger partial charge < -0.3 is 15.0 Å². The van der Waals surface area contributed by atoms with E-state index in [1.807, 2.05) is 0 Å². The van der Waals surface area contributed by atoms with Crippen LogP contribution in [0.5, 0.6) is 0 Å². The zero-order valence-corrected chi connectivity index (χ0v) is 11.2. The van der Waals surface area contributed by atoms with Crippen molar-refractivity contribution >= 4 is 11.3 Å². The van der Waals surface area contributed by atoms with Gasteiger partial charge in [0.05, 0.1) is 13.2 Å². The first kappa shape index (κ1) is 13.6. The van der Waals surface area contributed by atoms with Crippen molar-refractivity contribution in [3.8, 4) is 0 Å². The molecule has 0 spiro atoms. The van der Waals surface area contributed by atoms with Crippen molar-refractivity contribution in [2.45, 2.75) is 13.0 Å². The van der Waals surface area contributed by atoms with Crippen LogP contribution in [0.15, 0.2) is 16.8 Å². The van der Waals surface area contributed by atoms with Gasteiger partial charge in [-0.2, -0.15) is 11.3 Å². The molecule has 16 heavy (non-hydrogen) atoms. The number of hydrogen-bond donors (Lipinski definition) is 1. The van der Waals surface area contributed by atoms with Crippen LogP contribution in [-0.2, 0) is 4.74 Å². The molecule has 0 radical (unpaired) electrons. The van der Waals surface area contributed by atoms with E-state index in [0.29, 0.717) is 6.04 Å². The van der Waals surface area contributed by atoms with Crippen LogP contribution in [-0.4, -0.2) is 45.3 Å². The third-order valence-electron chi connectivity index (χ3n) is 2.42. The van der Waals surface area contributed by atoms with Crippen molar-refractivity contribution < 1.29 is 4.74 Å². The van der Waals surface area contributed by atoms with E-state index in [4.69, 9.17) is 4.74 Å². The van der Waals surface area contributed by atoms with Crippen molar-refractivity contribution in [3.05, 3.63) is 22.4 Å². The summed E-state index contributed by atoms with van der Waals surface area (Å²) >= 11 is 1.74. The quantitative estimate of drug-likeness (QED) is 0.706. The molecule has 0 aliphatic heterocycles. The van der Waals surface area contributed by atoms with Gasteiger partial charge in [0.15, 0.2) is 0 Å². The summed E-state index contributed by atoms with van der Waals surface area (Å²) in [6.07, 6.45) is 0. The topological polar surface area (TPSA) is 24.5 Å². The van der Waals surface area contributed by atoms with Gasteiger partial charge in [0.25, 0.3) is 0 Å². The van der Waals surface area contributed by atoms with Gasteiger partial charge in [-0.05, 0) is 43.4 Å². The summed E-state index contributed by atoms with van der Waals surface area (Å²) in [4.78, 5) is 2.13. The highest BCUT2D eigenvalue weighted by atomic mass is 32.1. The van der Waals surface area contributed by atoms with E-state index in [1.165, 1.54) is 5.56 Å². The summed E-state index contributed by atoms with van der Waals surface area (Å²) in [6.45, 7) is 5.66. The van der Waals surface area contributed by atoms with E-state index in [1.54, 1.807) is 11.3 Å². The Kier molecular flexibility index (Phi) is 6.64. The lowest BCUT2D eigenvalue weighted by Gasteiger charge is -2.13. The van der Waals surface area contributed by atoms with Crippen LogP contribution in [0.4, 0.5) is 0 Å². The van der Waals surface area contributed by atoms with E-state index in [0.717, 1.165) is 26.3 Å². The van der Waals surface area contributed by atoms with Gasteiger partial charge in [-0.25, -0.2) is 0 Å². The average Bonchev–Trinajstić information content (AvgIpc) is 2.75. The molecule has 0 fully saturated rings. The van der Waals surface area contributed by atoms with Gasteiger partial charge in [-0.1, -0.05) is 0 Å². The summed E-state index contributed by atoms with van der Waals surface area (Å²) in [5, 5.41) is 7.74. The molecule has 0 saturated heterocycles. The Labute approximate surface area is 102 Å². The molecule has 0 aliphatic carbocycles. The molecule has 0 unspecified atom stereocenters. The fraction of sp³-hybridized carbons (Fsp3) is 0.667. The lowest BCUT2D eigenvalue weighted by Crippen LogP contribution is -2.25. The van der Waals surface area contributed by atoms with Gasteiger partial charge in [0, 0.05) is 19.1 Å². The van der Waals surface area contributed by atoms with Crippen LogP contribution in [0.2, 0.25) is 0 Å². The smallest absolute Gasteiger partial charge is 0.0593 e. The van der Waals surface area contributed by atoms with Gasteiger partial charge >= 0.3 is 0 Å². The molecule has 4 heteroatoms. The number of thiophene rings is 1. The first-order valence-corrected chi connectivity index (χ1v) is 6.62. The summed E-state index contributed by atoms with van der Waals surface area (Å²) in [5.74, 6) is 0. The highest BCUT2D eigenvalue weighted by Gasteiger charge is 2.03. The van der Waals surface area contributed by atoms with Crippen molar-refractivity contribution in [2.75, 3.05) is 40.4 Å². The van der Waals surface area contributed by atoms with E-state index >= 15 is 0 Å². The van der Waals surface area contributed by atoms with E-state index < -0.39 is 0 Å². The molecule has 1 N–H and O–H groups in total. The first-order valence-electron chi connectivity index (χ1n) is 5.68. The molecule has 1 rings (SSSR count). The maximum absolute atomic E-state index is 5.51. The van der Waals surface area contributed by atoms with Crippen LogP contribution in [0.25, 0.3) is 0 Å². The van der Waals surface area contributed by atoms with Crippen molar-refractivity contribution in [2.24, 2.45) is 0 Å². The Morgan fingerprint density at radius 3 is 2.88 bits per heavy atom. The highest BCUT2D eigenvalue weighted by molar-refractivity contribution is 7.07. The number of nitrogens with one attached hydrogen (secondary N) is 1. The second-order valence-electron chi connectivity index (χ2n) is 4.15. The Hall–Kier alpha value is -0.420. The van der Waals surface area contributed by atoms with Crippen molar-refractivity contribution in [1.29, 1.82) is 0 Å². The molecule has 1 atom stereocenters. The Morgan fingerprint density at radius 2 is 2.25 bits per heavy atom. The first-order chi connectivity index (χ1) is 7.70. The largest absolute Gasteiger partial charge is 0.379 e. The average molecular weight is 242 g/mol. The zero-order chi connectivity index (χ0) is 11.8. The Balaban J connectivity index is 1.99. The molecule has 1 heterocycles. The minimum absolute atomic E-state index is 0.420. The molecule has 92 valence electrons. The SMILES string of the molecule is C[C@@H](NCCOCCN(C)C)c1ccsc1. The second kappa shape index (κ2) is 7.79. The molecular weight excluding hydrogens is 220 g/mol. The molecule has 0 amide bonds. The van der Waals surface area contributed by atoms with Gasteiger partial charge in [0.2, 0.25) is 0 Å². The van der Waals surface area contributed by atoms with Crippen molar-refractivity contribution in [3.63, 3.8) is 0 Å². The molecule has 0 aromatic carbocycles. The van der Waals surface area contributed by atoms with E-state index in [-0.39, 0.29) is 0 Å². The molecule has 0 bridgehead atoms. The summed E-state index contributed by atoms with van der Waals surface area (Å²) < 4.78 is 5.51. The summed E-state index contributed by atoms with van der Waals surface area (Å²) in [7, 11) is 4.11. The van der Waals surface area contributed by atoms with Crippen LogP contribution < -0.4 is 5.32 Å². The normalized spacial score (nSPS) is 13.2.